The van der Waals surface area contributed by atoms with Crippen LogP contribution in [0.5, 0.6) is 0 Å². The summed E-state index contributed by atoms with van der Waals surface area (Å²) in [5.41, 5.74) is 6.09. The van der Waals surface area contributed by atoms with Gasteiger partial charge in [-0.25, -0.2) is 23.7 Å². The van der Waals surface area contributed by atoms with E-state index < -0.39 is 11.6 Å². The Hall–Kier alpha value is -4.33. The minimum Gasteiger partial charge on any atom is -0.389 e. The molecule has 0 spiro atoms. The van der Waals surface area contributed by atoms with Gasteiger partial charge in [-0.1, -0.05) is 11.3 Å². The summed E-state index contributed by atoms with van der Waals surface area (Å²) < 4.78 is 29.1. The van der Waals surface area contributed by atoms with Crippen molar-refractivity contribution in [3.05, 3.63) is 40.7 Å². The van der Waals surface area contributed by atoms with Gasteiger partial charge in [0.15, 0.2) is 22.4 Å². The van der Waals surface area contributed by atoms with Crippen molar-refractivity contribution in [1.82, 2.24) is 29.5 Å². The fraction of sp³-hybridized carbons (Fsp3) is 0.320. The maximum absolute atomic E-state index is 14.1. The molecule has 1 aromatic carbocycles. The zero-order chi connectivity index (χ0) is 28.0. The first-order chi connectivity index (χ1) is 18.3. The van der Waals surface area contributed by atoms with Crippen molar-refractivity contribution in [3.8, 4) is 25.7 Å². The molecule has 0 bridgehead atoms. The number of carbonyl (C=O) groups is 1. The van der Waals surface area contributed by atoms with Gasteiger partial charge in [0.05, 0.1) is 17.7 Å². The third kappa shape index (κ3) is 5.80. The molecule has 198 valence electrons. The molecule has 5 rings (SSSR count). The zero-order valence-electron chi connectivity index (χ0n) is 20.6. The van der Waals surface area contributed by atoms with Crippen LogP contribution in [0.25, 0.3) is 16.6 Å². The fourth-order valence-electron chi connectivity index (χ4n) is 3.85. The normalized spacial score (nSPS) is 12.8. The number of nitrogen functional groups attached to an aromatic ring is 1. The van der Waals surface area contributed by atoms with E-state index in [1.54, 1.807) is 18.1 Å². The van der Waals surface area contributed by atoms with Crippen LogP contribution in [0, 0.1) is 37.3 Å². The predicted octanol–water partition coefficient (Wildman–Crippen LogP) is 2.37. The van der Waals surface area contributed by atoms with Crippen molar-refractivity contribution in [1.29, 1.82) is 0 Å². The highest BCUT2D eigenvalue weighted by atomic mass is 32.1. The van der Waals surface area contributed by atoms with Gasteiger partial charge in [0.2, 0.25) is 5.95 Å². The van der Waals surface area contributed by atoms with E-state index in [0.717, 1.165) is 17.3 Å². The fourth-order valence-corrected chi connectivity index (χ4v) is 4.78. The lowest BCUT2D eigenvalue weighted by Gasteiger charge is -2.35. The number of aliphatic hydroxyl groups is 1. The number of terminal acetylenes is 2. The highest BCUT2D eigenvalue weighted by molar-refractivity contribution is 7.17. The molecule has 1 fully saturated rings. The van der Waals surface area contributed by atoms with Crippen LogP contribution in [0.2, 0.25) is 0 Å². The number of aryl methyl sites for hydroxylation is 1. The van der Waals surface area contributed by atoms with E-state index in [1.807, 2.05) is 4.90 Å². The van der Waals surface area contributed by atoms with Gasteiger partial charge < -0.3 is 20.6 Å². The third-order valence-corrected chi connectivity index (χ3v) is 6.74. The third-order valence-electron chi connectivity index (χ3n) is 5.69. The minimum absolute atomic E-state index is 0.0336. The van der Waals surface area contributed by atoms with Crippen LogP contribution in [0.15, 0.2) is 18.3 Å². The average Bonchev–Trinajstić information content (AvgIpc) is 3.56. The number of β-amino-alcohol motifs (C(OH)–C–C–N with tert-alkyl or cyclic N) is 1. The summed E-state index contributed by atoms with van der Waals surface area (Å²) in [5.74, 6) is -1.20. The number of nitrogens with two attached hydrogens (primary N) is 1. The van der Waals surface area contributed by atoms with Crippen LogP contribution in [-0.2, 0) is 6.42 Å². The van der Waals surface area contributed by atoms with Crippen molar-refractivity contribution in [2.24, 2.45) is 0 Å². The summed E-state index contributed by atoms with van der Waals surface area (Å²) in [4.78, 5) is 29.5. The number of halogens is 2. The molecule has 4 heterocycles. The molecule has 0 unspecified atom stereocenters. The van der Waals surface area contributed by atoms with E-state index >= 15 is 0 Å². The molecule has 1 saturated heterocycles. The van der Waals surface area contributed by atoms with Gasteiger partial charge in [-0.15, -0.1) is 30.8 Å². The van der Waals surface area contributed by atoms with Gasteiger partial charge in [0.1, 0.15) is 16.2 Å². The Morgan fingerprint density at radius 2 is 1.92 bits per heavy atom. The lowest BCUT2D eigenvalue weighted by molar-refractivity contribution is 0.0797. The summed E-state index contributed by atoms with van der Waals surface area (Å²) in [5, 5.41) is 14.7. The quantitative estimate of drug-likeness (QED) is 0.270. The molecule has 38 heavy (non-hydrogen) atoms. The maximum Gasteiger partial charge on any atom is 0.265 e. The van der Waals surface area contributed by atoms with E-state index in [9.17, 15) is 18.7 Å². The molecule has 3 aromatic heterocycles. The molecular weight excluding hydrogens is 514 g/mol. The molecule has 13 heteroatoms. The van der Waals surface area contributed by atoms with E-state index in [1.165, 1.54) is 15.9 Å². The summed E-state index contributed by atoms with van der Waals surface area (Å²) in [6.45, 7) is 1.61. The van der Waals surface area contributed by atoms with Crippen molar-refractivity contribution < 1.29 is 18.7 Å². The number of amides is 1. The molecule has 0 saturated carbocycles. The van der Waals surface area contributed by atoms with Crippen LogP contribution >= 0.6 is 11.3 Å². The average molecular weight is 541 g/mol. The number of aliphatic hydroxyl groups excluding tert-OH is 1. The van der Waals surface area contributed by atoms with Crippen molar-refractivity contribution >= 4 is 44.9 Å². The van der Waals surface area contributed by atoms with Gasteiger partial charge >= 0.3 is 0 Å². The molecule has 0 atom stereocenters. The number of nitrogens with zero attached hydrogens (tertiary/aromatic N) is 7. The second-order valence-corrected chi connectivity index (χ2v) is 9.28. The van der Waals surface area contributed by atoms with E-state index in [0.29, 0.717) is 49.6 Å². The van der Waals surface area contributed by atoms with Gasteiger partial charge in [-0.05, 0) is 18.9 Å². The Bertz CT molecular complexity index is 1470. The standard InChI is InChI=1S/C21H22F2N8O2S.2C2H2/c1-29(19(33)15-8-25-21(34-15)30-9-12(32)10-30)5-3-2-4-16-26-18-13-6-11(22)7-14(23)17(13)27-20(24)31(18)28-16;2*1-2/h6-8,12,32H,2-5,9-10H2,1H3,(H2,24,27);2*1-2H. The predicted molar refractivity (Wildman–Crippen MR) is 143 cm³/mol. The number of unbranched alkanes of at least 4 members (excludes halogenated alkanes) is 1. The number of thiazole rings is 1. The number of anilines is 2. The number of rotatable bonds is 7. The summed E-state index contributed by atoms with van der Waals surface area (Å²) in [7, 11) is 1.74. The molecular formula is C25H26F2N8O2S. The van der Waals surface area contributed by atoms with Crippen LogP contribution in [-0.4, -0.2) is 73.3 Å². The molecule has 4 aromatic rings. The first kappa shape index (κ1) is 28.2. The Labute approximate surface area is 222 Å². The van der Waals surface area contributed by atoms with Crippen LogP contribution in [0.3, 0.4) is 0 Å². The maximum atomic E-state index is 14.1. The number of aromatic nitrogens is 5. The van der Waals surface area contributed by atoms with Crippen LogP contribution in [0.4, 0.5) is 19.9 Å². The van der Waals surface area contributed by atoms with Crippen molar-refractivity contribution in [2.75, 3.05) is 37.3 Å². The van der Waals surface area contributed by atoms with Gasteiger partial charge in [0.25, 0.3) is 5.91 Å². The molecule has 1 amide bonds. The first-order valence-electron chi connectivity index (χ1n) is 11.4. The number of benzene rings is 1. The van der Waals surface area contributed by atoms with Crippen molar-refractivity contribution in [2.45, 2.75) is 25.4 Å². The second-order valence-electron chi connectivity index (χ2n) is 8.27. The van der Waals surface area contributed by atoms with Gasteiger partial charge in [-0.2, -0.15) is 4.52 Å². The Kier molecular flexibility index (Phi) is 9.12. The first-order valence-corrected chi connectivity index (χ1v) is 12.2. The molecule has 1 aliphatic heterocycles. The van der Waals surface area contributed by atoms with Crippen LogP contribution in [0.1, 0.15) is 28.3 Å². The Morgan fingerprint density at radius 1 is 1.21 bits per heavy atom. The summed E-state index contributed by atoms with van der Waals surface area (Å²) in [6, 6.07) is 1.91. The van der Waals surface area contributed by atoms with Gasteiger partial charge in [0, 0.05) is 39.2 Å². The largest absolute Gasteiger partial charge is 0.389 e. The number of carbonyl (C=O) groups excluding carboxylic acids is 1. The SMILES string of the molecule is C#C.C#C.CN(CCCCc1nc2c3cc(F)cc(F)c3nc(N)n2n1)C(=O)c1cnc(N2CC(O)C2)s1. The zero-order valence-corrected chi connectivity index (χ0v) is 21.4. The number of hydrogen-bond donors (Lipinski definition) is 2. The molecule has 3 N–H and O–H groups in total. The minimum atomic E-state index is -0.808. The van der Waals surface area contributed by atoms with E-state index in [-0.39, 0.29) is 34.5 Å². The lowest BCUT2D eigenvalue weighted by Crippen LogP contribution is -2.50. The number of hydrogen-bond acceptors (Lipinski definition) is 9. The molecule has 0 aliphatic carbocycles. The highest BCUT2D eigenvalue weighted by Crippen LogP contribution is 2.27. The van der Waals surface area contributed by atoms with E-state index in [2.05, 4.69) is 45.7 Å². The van der Waals surface area contributed by atoms with E-state index in [4.69, 9.17) is 5.73 Å². The van der Waals surface area contributed by atoms with Crippen molar-refractivity contribution in [3.63, 3.8) is 0 Å². The Balaban J connectivity index is 0.000000956. The molecule has 10 nitrogen and oxygen atoms in total. The second kappa shape index (κ2) is 12.3. The van der Waals surface area contributed by atoms with Gasteiger partial charge in [-0.3, -0.25) is 4.79 Å². The van der Waals surface area contributed by atoms with Crippen LogP contribution < -0.4 is 10.6 Å². The number of fused-ring (bicyclic) bond motifs is 3. The lowest BCUT2D eigenvalue weighted by atomic mass is 10.2. The summed E-state index contributed by atoms with van der Waals surface area (Å²) in [6.07, 6.45) is 19.1. The Morgan fingerprint density at radius 3 is 2.61 bits per heavy atom. The molecule has 0 radical (unpaired) electrons. The molecule has 1 aliphatic rings. The monoisotopic (exact) mass is 540 g/mol. The smallest absolute Gasteiger partial charge is 0.265 e. The topological polar surface area (TPSA) is 126 Å². The highest BCUT2D eigenvalue weighted by Gasteiger charge is 2.27. The summed E-state index contributed by atoms with van der Waals surface area (Å²) >= 11 is 1.32.